The fraction of sp³-hybridized carbons (Fsp3) is 0.615. The minimum atomic E-state index is -0.115. The molecule has 1 saturated heterocycles. The number of carbonyl (C=O) groups is 1. The van der Waals surface area contributed by atoms with Crippen molar-refractivity contribution in [2.75, 3.05) is 39.3 Å². The molecule has 0 unspecified atom stereocenters. The standard InChI is InChI=1S/C13H21N3O2/c1-10-9-11(2)18-12(10)13(17)15-5-8-16-6-3-14-4-7-16/h9,14H,3-8H2,1-2H3,(H,15,17). The fourth-order valence-corrected chi connectivity index (χ4v) is 2.21. The van der Waals surface area contributed by atoms with Gasteiger partial charge in [-0.25, -0.2) is 0 Å². The van der Waals surface area contributed by atoms with Gasteiger partial charge >= 0.3 is 0 Å². The number of rotatable bonds is 4. The van der Waals surface area contributed by atoms with Crippen molar-refractivity contribution in [2.24, 2.45) is 0 Å². The van der Waals surface area contributed by atoms with Crippen molar-refractivity contribution in [2.45, 2.75) is 13.8 Å². The van der Waals surface area contributed by atoms with E-state index in [0.29, 0.717) is 12.3 Å². The average molecular weight is 251 g/mol. The first-order chi connectivity index (χ1) is 8.66. The molecule has 0 aliphatic carbocycles. The highest BCUT2D eigenvalue weighted by molar-refractivity contribution is 5.92. The Morgan fingerprint density at radius 3 is 2.78 bits per heavy atom. The first kappa shape index (κ1) is 13.1. The van der Waals surface area contributed by atoms with E-state index < -0.39 is 0 Å². The highest BCUT2D eigenvalue weighted by Crippen LogP contribution is 2.13. The van der Waals surface area contributed by atoms with E-state index in [9.17, 15) is 4.79 Å². The predicted molar refractivity (Wildman–Crippen MR) is 69.8 cm³/mol. The summed E-state index contributed by atoms with van der Waals surface area (Å²) in [6.07, 6.45) is 0. The van der Waals surface area contributed by atoms with Gasteiger partial charge in [0.25, 0.3) is 5.91 Å². The number of carbonyl (C=O) groups excluding carboxylic acids is 1. The van der Waals surface area contributed by atoms with Crippen molar-refractivity contribution in [1.82, 2.24) is 15.5 Å². The Bertz CT molecular complexity index is 408. The molecule has 100 valence electrons. The molecule has 2 heterocycles. The van der Waals surface area contributed by atoms with E-state index in [2.05, 4.69) is 15.5 Å². The highest BCUT2D eigenvalue weighted by Gasteiger charge is 2.14. The molecule has 1 fully saturated rings. The molecule has 18 heavy (non-hydrogen) atoms. The largest absolute Gasteiger partial charge is 0.456 e. The molecule has 5 nitrogen and oxygen atoms in total. The van der Waals surface area contributed by atoms with Gasteiger partial charge < -0.3 is 15.1 Å². The lowest BCUT2D eigenvalue weighted by Crippen LogP contribution is -2.46. The predicted octanol–water partition coefficient (Wildman–Crippen LogP) is 0.531. The lowest BCUT2D eigenvalue weighted by Gasteiger charge is -2.26. The molecule has 1 aliphatic heterocycles. The lowest BCUT2D eigenvalue weighted by atomic mass is 10.2. The molecule has 0 saturated carbocycles. The summed E-state index contributed by atoms with van der Waals surface area (Å²) in [5.41, 5.74) is 0.896. The van der Waals surface area contributed by atoms with Crippen LogP contribution < -0.4 is 10.6 Å². The molecule has 1 aliphatic rings. The van der Waals surface area contributed by atoms with Crippen molar-refractivity contribution < 1.29 is 9.21 Å². The zero-order chi connectivity index (χ0) is 13.0. The van der Waals surface area contributed by atoms with Crippen LogP contribution in [0.15, 0.2) is 10.5 Å². The molecule has 1 aromatic heterocycles. The third kappa shape index (κ3) is 3.34. The Morgan fingerprint density at radius 1 is 1.44 bits per heavy atom. The fourth-order valence-electron chi connectivity index (χ4n) is 2.21. The number of hydrogen-bond donors (Lipinski definition) is 2. The van der Waals surface area contributed by atoms with Gasteiger partial charge in [-0.2, -0.15) is 0 Å². The normalized spacial score (nSPS) is 16.8. The molecule has 0 bridgehead atoms. The Hall–Kier alpha value is -1.33. The van der Waals surface area contributed by atoms with Gasteiger partial charge in [-0.15, -0.1) is 0 Å². The third-order valence-electron chi connectivity index (χ3n) is 3.17. The second kappa shape index (κ2) is 6.02. The number of aryl methyl sites for hydroxylation is 2. The monoisotopic (exact) mass is 251 g/mol. The quantitative estimate of drug-likeness (QED) is 0.819. The van der Waals surface area contributed by atoms with Crippen LogP contribution in [0.25, 0.3) is 0 Å². The number of furan rings is 1. The van der Waals surface area contributed by atoms with Crippen molar-refractivity contribution >= 4 is 5.91 Å². The smallest absolute Gasteiger partial charge is 0.287 e. The van der Waals surface area contributed by atoms with Gasteiger partial charge in [0.1, 0.15) is 5.76 Å². The summed E-state index contributed by atoms with van der Waals surface area (Å²) < 4.78 is 5.38. The summed E-state index contributed by atoms with van der Waals surface area (Å²) in [7, 11) is 0. The molecule has 0 spiro atoms. The first-order valence-electron chi connectivity index (χ1n) is 6.45. The van der Waals surface area contributed by atoms with Gasteiger partial charge in [0.05, 0.1) is 0 Å². The Kier molecular flexibility index (Phi) is 4.38. The topological polar surface area (TPSA) is 57.5 Å². The molecule has 0 aromatic carbocycles. The zero-order valence-corrected chi connectivity index (χ0v) is 11.1. The molecule has 5 heteroatoms. The van der Waals surface area contributed by atoms with Crippen molar-refractivity contribution in [3.05, 3.63) is 23.2 Å². The summed E-state index contributed by atoms with van der Waals surface area (Å²) >= 11 is 0. The molecule has 1 aromatic rings. The zero-order valence-electron chi connectivity index (χ0n) is 11.1. The van der Waals surface area contributed by atoms with Crippen LogP contribution in [0.4, 0.5) is 0 Å². The van der Waals surface area contributed by atoms with Gasteiger partial charge in [-0.3, -0.25) is 9.69 Å². The van der Waals surface area contributed by atoms with Crippen LogP contribution in [0.5, 0.6) is 0 Å². The minimum absolute atomic E-state index is 0.115. The number of hydrogen-bond acceptors (Lipinski definition) is 4. The van der Waals surface area contributed by atoms with Crippen molar-refractivity contribution in [1.29, 1.82) is 0 Å². The van der Waals surface area contributed by atoms with Crippen molar-refractivity contribution in [3.63, 3.8) is 0 Å². The van der Waals surface area contributed by atoms with Crippen LogP contribution in [0, 0.1) is 13.8 Å². The summed E-state index contributed by atoms with van der Waals surface area (Å²) in [6.45, 7) is 9.47. The highest BCUT2D eigenvalue weighted by atomic mass is 16.3. The van der Waals surface area contributed by atoms with Crippen LogP contribution in [0.2, 0.25) is 0 Å². The molecular formula is C13H21N3O2. The number of nitrogens with one attached hydrogen (secondary N) is 2. The minimum Gasteiger partial charge on any atom is -0.456 e. The van der Waals surface area contributed by atoms with Gasteiger partial charge in [0.15, 0.2) is 5.76 Å². The summed E-state index contributed by atoms with van der Waals surface area (Å²) in [4.78, 5) is 14.2. The van der Waals surface area contributed by atoms with E-state index in [4.69, 9.17) is 4.42 Å². The number of piperazine rings is 1. The molecular weight excluding hydrogens is 230 g/mol. The maximum Gasteiger partial charge on any atom is 0.287 e. The molecule has 0 atom stereocenters. The maximum absolute atomic E-state index is 11.9. The Labute approximate surface area is 108 Å². The SMILES string of the molecule is Cc1cc(C)c(C(=O)NCCN2CCNCC2)o1. The average Bonchev–Trinajstić information content (AvgIpc) is 2.70. The van der Waals surface area contributed by atoms with Crippen LogP contribution >= 0.6 is 0 Å². The lowest BCUT2D eigenvalue weighted by molar-refractivity contribution is 0.0917. The Morgan fingerprint density at radius 2 is 2.17 bits per heavy atom. The van der Waals surface area contributed by atoms with E-state index in [0.717, 1.165) is 44.0 Å². The molecule has 2 rings (SSSR count). The van der Waals surface area contributed by atoms with Crippen molar-refractivity contribution in [3.8, 4) is 0 Å². The van der Waals surface area contributed by atoms with Crippen LogP contribution in [0.1, 0.15) is 21.9 Å². The van der Waals surface area contributed by atoms with E-state index in [1.807, 2.05) is 19.9 Å². The van der Waals surface area contributed by atoms with Gasteiger partial charge in [0.2, 0.25) is 0 Å². The second-order valence-corrected chi connectivity index (χ2v) is 4.72. The molecule has 2 N–H and O–H groups in total. The van der Waals surface area contributed by atoms with Gasteiger partial charge in [-0.05, 0) is 19.9 Å². The van der Waals surface area contributed by atoms with Crippen LogP contribution in [-0.2, 0) is 0 Å². The molecule has 1 amide bonds. The Balaban J connectivity index is 1.76. The first-order valence-corrected chi connectivity index (χ1v) is 6.45. The van der Waals surface area contributed by atoms with E-state index in [1.165, 1.54) is 0 Å². The van der Waals surface area contributed by atoms with Crippen LogP contribution in [-0.4, -0.2) is 50.1 Å². The summed E-state index contributed by atoms with van der Waals surface area (Å²) in [5.74, 6) is 1.10. The number of nitrogens with zero attached hydrogens (tertiary/aromatic N) is 1. The second-order valence-electron chi connectivity index (χ2n) is 4.72. The third-order valence-corrected chi connectivity index (χ3v) is 3.17. The van der Waals surface area contributed by atoms with E-state index >= 15 is 0 Å². The summed E-state index contributed by atoms with van der Waals surface area (Å²) in [6, 6.07) is 1.88. The van der Waals surface area contributed by atoms with Crippen LogP contribution in [0.3, 0.4) is 0 Å². The van der Waals surface area contributed by atoms with Gasteiger partial charge in [-0.1, -0.05) is 0 Å². The van der Waals surface area contributed by atoms with E-state index in [-0.39, 0.29) is 5.91 Å². The van der Waals surface area contributed by atoms with Gasteiger partial charge in [0, 0.05) is 44.8 Å². The number of amides is 1. The van der Waals surface area contributed by atoms with E-state index in [1.54, 1.807) is 0 Å². The summed E-state index contributed by atoms with van der Waals surface area (Å²) in [5, 5.41) is 6.21. The molecule has 0 radical (unpaired) electrons. The maximum atomic E-state index is 11.9.